The second kappa shape index (κ2) is 10.2. The van der Waals surface area contributed by atoms with E-state index in [1.807, 2.05) is 6.92 Å². The van der Waals surface area contributed by atoms with Crippen LogP contribution in [0.1, 0.15) is 32.6 Å². The molecule has 162 valence electrons. The molecule has 2 amide bonds. The molecular formula is C19H21ClN8O2S. The van der Waals surface area contributed by atoms with Gasteiger partial charge < -0.3 is 27.4 Å². The number of primary amides is 1. The van der Waals surface area contributed by atoms with Gasteiger partial charge in [-0.25, -0.2) is 9.97 Å². The molecule has 1 atom stereocenters. The Labute approximate surface area is 187 Å². The van der Waals surface area contributed by atoms with Crippen molar-refractivity contribution in [3.8, 4) is 0 Å². The van der Waals surface area contributed by atoms with Crippen LogP contribution in [0.2, 0.25) is 4.34 Å². The Morgan fingerprint density at radius 1 is 1.26 bits per heavy atom. The van der Waals surface area contributed by atoms with Gasteiger partial charge >= 0.3 is 0 Å². The summed E-state index contributed by atoms with van der Waals surface area (Å²) in [7, 11) is 0. The van der Waals surface area contributed by atoms with Crippen LogP contribution in [0.15, 0.2) is 36.7 Å². The number of anilines is 3. The molecule has 0 unspecified atom stereocenters. The van der Waals surface area contributed by atoms with Crippen molar-refractivity contribution in [1.82, 2.24) is 20.3 Å². The average molecular weight is 461 g/mol. The van der Waals surface area contributed by atoms with Crippen LogP contribution in [0.4, 0.5) is 17.5 Å². The number of hydrogen-bond donors (Lipinski definition) is 5. The van der Waals surface area contributed by atoms with E-state index in [1.54, 1.807) is 24.3 Å². The number of nitrogens with zero attached hydrogens (tertiary/aromatic N) is 3. The van der Waals surface area contributed by atoms with E-state index in [2.05, 4.69) is 30.9 Å². The number of nitrogens with two attached hydrogens (primary N) is 2. The van der Waals surface area contributed by atoms with Gasteiger partial charge in [-0.15, -0.1) is 11.3 Å². The molecule has 10 nitrogen and oxygen atoms in total. The highest BCUT2D eigenvalue weighted by molar-refractivity contribution is 7.15. The van der Waals surface area contributed by atoms with E-state index in [9.17, 15) is 9.59 Å². The number of benzene rings is 1. The van der Waals surface area contributed by atoms with E-state index < -0.39 is 5.91 Å². The second-order valence-corrected chi connectivity index (χ2v) is 8.37. The predicted octanol–water partition coefficient (Wildman–Crippen LogP) is 2.12. The predicted molar refractivity (Wildman–Crippen MR) is 121 cm³/mol. The number of thiazole rings is 1. The summed E-state index contributed by atoms with van der Waals surface area (Å²) in [5.74, 6) is -0.463. The number of carbonyl (C=O) groups excluding carboxylic acids is 2. The summed E-state index contributed by atoms with van der Waals surface area (Å²) < 4.78 is 0.556. The van der Waals surface area contributed by atoms with Crippen LogP contribution in [-0.4, -0.2) is 39.4 Å². The van der Waals surface area contributed by atoms with Crippen molar-refractivity contribution >= 4 is 52.2 Å². The lowest BCUT2D eigenvalue weighted by Gasteiger charge is -2.13. The third kappa shape index (κ3) is 6.35. The molecule has 3 rings (SSSR count). The van der Waals surface area contributed by atoms with Crippen LogP contribution in [0, 0.1) is 0 Å². The first kappa shape index (κ1) is 22.4. The van der Waals surface area contributed by atoms with E-state index in [0.717, 1.165) is 0 Å². The van der Waals surface area contributed by atoms with Crippen LogP contribution in [-0.2, 0) is 6.54 Å². The smallest absolute Gasteiger partial charge is 0.254 e. The molecule has 0 aliphatic heterocycles. The van der Waals surface area contributed by atoms with Gasteiger partial charge in [0, 0.05) is 30.0 Å². The lowest BCUT2D eigenvalue weighted by atomic mass is 10.2. The van der Waals surface area contributed by atoms with Gasteiger partial charge in [-0.2, -0.15) is 4.98 Å². The summed E-state index contributed by atoms with van der Waals surface area (Å²) in [4.78, 5) is 36.7. The maximum atomic E-state index is 12.5. The molecule has 31 heavy (non-hydrogen) atoms. The summed E-state index contributed by atoms with van der Waals surface area (Å²) in [5, 5.41) is 9.49. The first-order chi connectivity index (χ1) is 14.8. The van der Waals surface area contributed by atoms with Crippen molar-refractivity contribution in [3.05, 3.63) is 57.1 Å². The molecule has 12 heteroatoms. The summed E-state index contributed by atoms with van der Waals surface area (Å²) in [5.41, 5.74) is 12.2. The van der Waals surface area contributed by atoms with Crippen molar-refractivity contribution in [2.75, 3.05) is 17.2 Å². The van der Waals surface area contributed by atoms with Crippen LogP contribution in [0.25, 0.3) is 0 Å². The Morgan fingerprint density at radius 2 is 2.06 bits per heavy atom. The molecule has 7 N–H and O–H groups in total. The van der Waals surface area contributed by atoms with Gasteiger partial charge in [0.15, 0.2) is 0 Å². The number of amides is 2. The van der Waals surface area contributed by atoms with E-state index in [4.69, 9.17) is 23.1 Å². The van der Waals surface area contributed by atoms with Crippen LogP contribution >= 0.6 is 22.9 Å². The highest BCUT2D eigenvalue weighted by Gasteiger charge is 2.14. The fourth-order valence-corrected chi connectivity index (χ4v) is 3.39. The minimum absolute atomic E-state index is 0.105. The standard InChI is InChI=1S/C19H21ClN8O2S/c1-10(21)6-25-19-26-7-13(16(22)29)17(28-19)27-12-4-2-3-11(5-12)18(30)24-9-15-23-8-14(20)31-15/h2-5,7-8,10H,6,9,21H2,1H3,(H2,22,29)(H,24,30)(H2,25,26,27,28)/t10-/m0/s1. The topological polar surface area (TPSA) is 161 Å². The van der Waals surface area contributed by atoms with Crippen LogP contribution < -0.4 is 27.4 Å². The molecule has 3 aromatic rings. The molecule has 0 saturated carbocycles. The van der Waals surface area contributed by atoms with Crippen molar-refractivity contribution in [2.45, 2.75) is 19.5 Å². The van der Waals surface area contributed by atoms with E-state index in [-0.39, 0.29) is 29.9 Å². The number of hydrogen-bond acceptors (Lipinski definition) is 9. The third-order valence-electron chi connectivity index (χ3n) is 3.95. The van der Waals surface area contributed by atoms with Gasteiger partial charge in [0.05, 0.1) is 12.7 Å². The zero-order chi connectivity index (χ0) is 22.4. The monoisotopic (exact) mass is 460 g/mol. The number of nitrogens with one attached hydrogen (secondary N) is 3. The number of rotatable bonds is 9. The highest BCUT2D eigenvalue weighted by atomic mass is 35.5. The lowest BCUT2D eigenvalue weighted by Crippen LogP contribution is -2.26. The molecule has 0 fully saturated rings. The van der Waals surface area contributed by atoms with Crippen molar-refractivity contribution in [2.24, 2.45) is 11.5 Å². The Kier molecular flexibility index (Phi) is 7.34. The largest absolute Gasteiger partial charge is 0.365 e. The Morgan fingerprint density at radius 3 is 2.74 bits per heavy atom. The summed E-state index contributed by atoms with van der Waals surface area (Å²) in [6, 6.07) is 6.63. The van der Waals surface area contributed by atoms with Crippen molar-refractivity contribution in [1.29, 1.82) is 0 Å². The maximum absolute atomic E-state index is 12.5. The number of halogens is 1. The second-order valence-electron chi connectivity index (χ2n) is 6.62. The van der Waals surface area contributed by atoms with Gasteiger partial charge in [0.2, 0.25) is 5.95 Å². The molecule has 2 aromatic heterocycles. The zero-order valence-corrected chi connectivity index (χ0v) is 18.1. The maximum Gasteiger partial charge on any atom is 0.254 e. The SMILES string of the molecule is C[C@H](N)CNc1ncc(C(N)=O)c(Nc2cccc(C(=O)NCc3ncc(Cl)s3)c2)n1. The molecule has 0 aliphatic rings. The zero-order valence-electron chi connectivity index (χ0n) is 16.6. The Bertz CT molecular complexity index is 1090. The number of aromatic nitrogens is 3. The molecule has 0 radical (unpaired) electrons. The molecule has 0 aliphatic carbocycles. The van der Waals surface area contributed by atoms with Gasteiger partial charge in [-0.1, -0.05) is 17.7 Å². The Hall–Kier alpha value is -3.28. The lowest BCUT2D eigenvalue weighted by molar-refractivity contribution is 0.0949. The van der Waals surface area contributed by atoms with Crippen molar-refractivity contribution < 1.29 is 9.59 Å². The first-order valence-electron chi connectivity index (χ1n) is 9.23. The van der Waals surface area contributed by atoms with Crippen LogP contribution in [0.3, 0.4) is 0 Å². The normalized spacial score (nSPS) is 11.6. The van der Waals surface area contributed by atoms with E-state index in [1.165, 1.54) is 23.7 Å². The fraction of sp³-hybridized carbons (Fsp3) is 0.211. The van der Waals surface area contributed by atoms with Gasteiger partial charge in [-0.3, -0.25) is 9.59 Å². The Balaban J connectivity index is 1.75. The molecule has 2 heterocycles. The first-order valence-corrected chi connectivity index (χ1v) is 10.4. The summed E-state index contributed by atoms with van der Waals surface area (Å²) in [6.45, 7) is 2.55. The fourth-order valence-electron chi connectivity index (χ4n) is 2.50. The summed E-state index contributed by atoms with van der Waals surface area (Å²) in [6.07, 6.45) is 2.87. The molecule has 1 aromatic carbocycles. The van der Waals surface area contributed by atoms with E-state index in [0.29, 0.717) is 33.1 Å². The quantitative estimate of drug-likeness (QED) is 0.324. The number of carbonyl (C=O) groups is 2. The van der Waals surface area contributed by atoms with Gasteiger partial charge in [0.1, 0.15) is 20.7 Å². The highest BCUT2D eigenvalue weighted by Crippen LogP contribution is 2.21. The molecular weight excluding hydrogens is 440 g/mol. The minimum Gasteiger partial charge on any atom is -0.365 e. The molecule has 0 bridgehead atoms. The minimum atomic E-state index is -0.683. The molecule has 0 spiro atoms. The van der Waals surface area contributed by atoms with Gasteiger partial charge in [0.25, 0.3) is 11.8 Å². The molecule has 0 saturated heterocycles. The van der Waals surface area contributed by atoms with E-state index >= 15 is 0 Å². The third-order valence-corrected chi connectivity index (χ3v) is 5.06. The summed E-state index contributed by atoms with van der Waals surface area (Å²) >= 11 is 7.15. The van der Waals surface area contributed by atoms with Crippen LogP contribution in [0.5, 0.6) is 0 Å². The average Bonchev–Trinajstić information content (AvgIpc) is 3.15. The van der Waals surface area contributed by atoms with Crippen molar-refractivity contribution in [3.63, 3.8) is 0 Å². The van der Waals surface area contributed by atoms with Gasteiger partial charge in [-0.05, 0) is 25.1 Å².